The van der Waals surface area contributed by atoms with E-state index in [1.165, 1.54) is 45.3 Å². The monoisotopic (exact) mass is 334 g/mol. The summed E-state index contributed by atoms with van der Waals surface area (Å²) < 4.78 is 5.92. The summed E-state index contributed by atoms with van der Waals surface area (Å²) in [5.41, 5.74) is 0.199. The Morgan fingerprint density at radius 2 is 2.04 bits per heavy atom. The van der Waals surface area contributed by atoms with Gasteiger partial charge in [0.05, 0.1) is 6.10 Å². The smallest absolute Gasteiger partial charge is 0.191 e. The Balaban J connectivity index is 1.32. The summed E-state index contributed by atoms with van der Waals surface area (Å²) in [6, 6.07) is 1.02. The lowest BCUT2D eigenvalue weighted by Gasteiger charge is -2.55. The van der Waals surface area contributed by atoms with Crippen LogP contribution in [0, 0.1) is 17.3 Å². The van der Waals surface area contributed by atoms with Gasteiger partial charge in [0.25, 0.3) is 0 Å². The van der Waals surface area contributed by atoms with Crippen molar-refractivity contribution in [3.05, 3.63) is 0 Å². The summed E-state index contributed by atoms with van der Waals surface area (Å²) in [6.07, 6.45) is 5.74. The van der Waals surface area contributed by atoms with Crippen molar-refractivity contribution < 1.29 is 4.74 Å². The third kappa shape index (κ3) is 3.17. The first-order valence-corrected chi connectivity index (χ1v) is 9.99. The number of nitrogens with zero attached hydrogens (tertiary/aromatic N) is 2. The topological polar surface area (TPSA) is 48.9 Å². The minimum absolute atomic E-state index is 0.199. The van der Waals surface area contributed by atoms with Crippen LogP contribution < -0.4 is 10.6 Å². The van der Waals surface area contributed by atoms with Crippen molar-refractivity contribution in [1.82, 2.24) is 15.5 Å². The number of guanidine groups is 1. The number of nitrogens with one attached hydrogen (secondary N) is 2. The second-order valence-electron chi connectivity index (χ2n) is 8.84. The van der Waals surface area contributed by atoms with E-state index in [1.54, 1.807) is 0 Å². The van der Waals surface area contributed by atoms with Crippen LogP contribution in [0.3, 0.4) is 0 Å². The van der Waals surface area contributed by atoms with E-state index in [0.717, 1.165) is 25.0 Å². The molecular weight excluding hydrogens is 300 g/mol. The van der Waals surface area contributed by atoms with E-state index >= 15 is 0 Å². The van der Waals surface area contributed by atoms with Crippen molar-refractivity contribution in [2.75, 3.05) is 32.8 Å². The van der Waals surface area contributed by atoms with Gasteiger partial charge in [-0.25, -0.2) is 0 Å². The second kappa shape index (κ2) is 6.49. The summed E-state index contributed by atoms with van der Waals surface area (Å²) in [4.78, 5) is 7.35. The molecular formula is C19H34N4O. The summed E-state index contributed by atoms with van der Waals surface area (Å²) in [6.45, 7) is 12.2. The van der Waals surface area contributed by atoms with Crippen molar-refractivity contribution in [3.8, 4) is 0 Å². The largest absolute Gasteiger partial charge is 0.377 e. The first kappa shape index (κ1) is 16.6. The van der Waals surface area contributed by atoms with E-state index in [9.17, 15) is 0 Å². The van der Waals surface area contributed by atoms with Crippen molar-refractivity contribution in [2.24, 2.45) is 22.2 Å². The molecule has 2 heterocycles. The second-order valence-corrected chi connectivity index (χ2v) is 8.84. The molecule has 0 aromatic heterocycles. The van der Waals surface area contributed by atoms with Crippen LogP contribution in [0.5, 0.6) is 0 Å². The molecule has 136 valence electrons. The Labute approximate surface area is 146 Å². The van der Waals surface area contributed by atoms with Gasteiger partial charge in [0, 0.05) is 56.2 Å². The van der Waals surface area contributed by atoms with Gasteiger partial charge in [-0.05, 0) is 38.5 Å². The lowest BCUT2D eigenvalue weighted by Crippen LogP contribution is -2.68. The number of rotatable bonds is 5. The van der Waals surface area contributed by atoms with Gasteiger partial charge in [-0.2, -0.15) is 0 Å². The summed E-state index contributed by atoms with van der Waals surface area (Å²) in [5.74, 6) is 2.65. The standard InChI is InChI=1S/C19H34N4O/c1-4-20-18(21-14-7-9-23(12-14)11-13-5-6-13)22-16-15-8-10-24-17(15)19(16,2)3/h13-17H,4-12H2,1-3H3,(H2,20,21,22)/t14-,15+,16-,17+/m1/s1. The zero-order chi connectivity index (χ0) is 16.7. The summed E-state index contributed by atoms with van der Waals surface area (Å²) in [7, 11) is 0. The Hall–Kier alpha value is -0.810. The Kier molecular flexibility index (Phi) is 4.50. The SMILES string of the molecule is CCN=C(N[C@@H]1CCN(CC2CC2)C1)N[C@@H]1[C@@H]2CCO[C@@H]2C1(C)C. The van der Waals surface area contributed by atoms with Crippen molar-refractivity contribution in [3.63, 3.8) is 0 Å². The maximum Gasteiger partial charge on any atom is 0.191 e. The third-order valence-electron chi connectivity index (χ3n) is 6.54. The molecule has 0 radical (unpaired) electrons. The van der Waals surface area contributed by atoms with Gasteiger partial charge in [0.15, 0.2) is 5.96 Å². The molecule has 2 N–H and O–H groups in total. The predicted octanol–water partition coefficient (Wildman–Crippen LogP) is 1.84. The highest BCUT2D eigenvalue weighted by Gasteiger charge is 2.59. The molecule has 2 aliphatic carbocycles. The molecule has 0 unspecified atom stereocenters. The first-order valence-electron chi connectivity index (χ1n) is 9.99. The maximum absolute atomic E-state index is 5.92. The Morgan fingerprint density at radius 3 is 2.79 bits per heavy atom. The van der Waals surface area contributed by atoms with E-state index in [0.29, 0.717) is 24.1 Å². The number of ether oxygens (including phenoxy) is 1. The van der Waals surface area contributed by atoms with Gasteiger partial charge in [0.2, 0.25) is 0 Å². The van der Waals surface area contributed by atoms with Crippen LogP contribution in [0.2, 0.25) is 0 Å². The van der Waals surface area contributed by atoms with Crippen LogP contribution >= 0.6 is 0 Å². The van der Waals surface area contributed by atoms with E-state index in [1.807, 2.05) is 0 Å². The number of likely N-dealkylation sites (tertiary alicyclic amines) is 1. The molecule has 4 fully saturated rings. The molecule has 4 aliphatic rings. The number of aliphatic imine (C=N–C) groups is 1. The molecule has 2 saturated carbocycles. The van der Waals surface area contributed by atoms with Crippen molar-refractivity contribution in [2.45, 2.75) is 64.6 Å². The van der Waals surface area contributed by atoms with E-state index < -0.39 is 0 Å². The molecule has 2 aliphatic heterocycles. The fourth-order valence-corrected chi connectivity index (χ4v) is 5.03. The molecule has 5 nitrogen and oxygen atoms in total. The lowest BCUT2D eigenvalue weighted by atomic mass is 9.57. The molecule has 0 aromatic rings. The molecule has 4 atom stereocenters. The Morgan fingerprint density at radius 1 is 1.21 bits per heavy atom. The molecule has 0 bridgehead atoms. The highest BCUT2D eigenvalue weighted by atomic mass is 16.5. The van der Waals surface area contributed by atoms with E-state index in [2.05, 4.69) is 36.3 Å². The van der Waals surface area contributed by atoms with Gasteiger partial charge in [0.1, 0.15) is 0 Å². The van der Waals surface area contributed by atoms with Crippen LogP contribution in [-0.2, 0) is 4.74 Å². The molecule has 24 heavy (non-hydrogen) atoms. The highest BCUT2D eigenvalue weighted by Crippen LogP contribution is 2.52. The molecule has 0 spiro atoms. The highest BCUT2D eigenvalue weighted by molar-refractivity contribution is 5.80. The fourth-order valence-electron chi connectivity index (χ4n) is 5.03. The van der Waals surface area contributed by atoms with E-state index in [-0.39, 0.29) is 5.41 Å². The summed E-state index contributed by atoms with van der Waals surface area (Å²) in [5, 5.41) is 7.46. The maximum atomic E-state index is 5.92. The predicted molar refractivity (Wildman–Crippen MR) is 97.2 cm³/mol. The van der Waals surface area contributed by atoms with Crippen LogP contribution in [0.25, 0.3) is 0 Å². The molecule has 4 rings (SSSR count). The first-order chi connectivity index (χ1) is 11.6. The van der Waals surface area contributed by atoms with Crippen LogP contribution in [0.4, 0.5) is 0 Å². The zero-order valence-corrected chi connectivity index (χ0v) is 15.6. The normalized spacial score (nSPS) is 38.7. The number of hydrogen-bond acceptors (Lipinski definition) is 3. The number of hydrogen-bond donors (Lipinski definition) is 2. The third-order valence-corrected chi connectivity index (χ3v) is 6.54. The zero-order valence-electron chi connectivity index (χ0n) is 15.6. The van der Waals surface area contributed by atoms with Gasteiger partial charge in [-0.1, -0.05) is 13.8 Å². The van der Waals surface area contributed by atoms with Crippen molar-refractivity contribution in [1.29, 1.82) is 0 Å². The van der Waals surface area contributed by atoms with Crippen LogP contribution in [0.1, 0.15) is 46.5 Å². The van der Waals surface area contributed by atoms with Gasteiger partial charge < -0.3 is 20.3 Å². The van der Waals surface area contributed by atoms with Gasteiger partial charge in [-0.15, -0.1) is 0 Å². The minimum atomic E-state index is 0.199. The number of fused-ring (bicyclic) bond motifs is 1. The van der Waals surface area contributed by atoms with Crippen LogP contribution in [-0.4, -0.2) is 61.8 Å². The van der Waals surface area contributed by atoms with E-state index in [4.69, 9.17) is 9.73 Å². The summed E-state index contributed by atoms with van der Waals surface area (Å²) >= 11 is 0. The average Bonchev–Trinajstić information content (AvgIpc) is 3.07. The molecule has 0 amide bonds. The molecule has 2 saturated heterocycles. The van der Waals surface area contributed by atoms with Gasteiger partial charge in [-0.3, -0.25) is 4.99 Å². The molecule has 0 aromatic carbocycles. The fraction of sp³-hybridized carbons (Fsp3) is 0.947. The minimum Gasteiger partial charge on any atom is -0.377 e. The van der Waals surface area contributed by atoms with Gasteiger partial charge >= 0.3 is 0 Å². The lowest BCUT2D eigenvalue weighted by molar-refractivity contribution is -0.106. The van der Waals surface area contributed by atoms with Crippen molar-refractivity contribution >= 4 is 5.96 Å². The average molecular weight is 335 g/mol. The van der Waals surface area contributed by atoms with Crippen LogP contribution in [0.15, 0.2) is 4.99 Å². The Bertz CT molecular complexity index is 488. The quantitative estimate of drug-likeness (QED) is 0.595. The molecule has 5 heteroatoms.